The number of hydrogen-bond donors (Lipinski definition) is 3. The van der Waals surface area contributed by atoms with Gasteiger partial charge >= 0.3 is 11.6 Å². The molecule has 1 aromatic heterocycles. The first-order valence-electron chi connectivity index (χ1n) is 5.04. The molecule has 1 fully saturated rings. The minimum atomic E-state index is -3.71. The minimum absolute atomic E-state index is 0. The number of hydrogen-bond acceptors (Lipinski definition) is 6. The topological polar surface area (TPSA) is 111 Å². The third-order valence-corrected chi connectivity index (χ3v) is 2.66. The van der Waals surface area contributed by atoms with Crippen LogP contribution in [0.2, 0.25) is 0 Å². The van der Waals surface area contributed by atoms with Crippen LogP contribution < -0.4 is 11.4 Å². The summed E-state index contributed by atoms with van der Waals surface area (Å²) < 4.78 is 32.7. The van der Waals surface area contributed by atoms with Crippen molar-refractivity contribution < 1.29 is 23.7 Å². The molecule has 7 nitrogen and oxygen atoms in total. The van der Waals surface area contributed by atoms with Crippen LogP contribution in [-0.2, 0) is 4.74 Å². The number of nitrogens with two attached hydrogens (primary N) is 1. The molecule has 0 spiro atoms. The molecule has 1 saturated heterocycles. The number of rotatable bonds is 2. The van der Waals surface area contributed by atoms with Crippen molar-refractivity contribution in [2.75, 3.05) is 12.3 Å². The summed E-state index contributed by atoms with van der Waals surface area (Å²) in [6.45, 7) is -0.787. The first-order chi connectivity index (χ1) is 8.37. The van der Waals surface area contributed by atoms with Crippen LogP contribution in [0.4, 0.5) is 14.6 Å². The van der Waals surface area contributed by atoms with Gasteiger partial charge in [-0.15, -0.1) is 12.4 Å². The standard InChI is InChI=1S/C9H11F2N3O4.ClH/c10-9(11)6(16)4(3-15)18-7(9)14-2-1-5(12)13-8(14)17;/h1-2,4,6-7,15-16H,3H2,(H2,12,13,17);1H/t4-,6+,7+;/m1./s1/i8+1,13+1,14+1;. The lowest BCUT2D eigenvalue weighted by Gasteiger charge is -2.20. The predicted molar refractivity (Wildman–Crippen MR) is 62.1 cm³/mol. The summed E-state index contributed by atoms with van der Waals surface area (Å²) in [6, 6.07) is 1.15. The van der Waals surface area contributed by atoms with Crippen LogP contribution in [0.1, 0.15) is 6.23 Å². The van der Waals surface area contributed by atoms with E-state index >= 15 is 0 Å². The molecule has 1 aliphatic rings. The zero-order chi connectivity index (χ0) is 13.5. The summed E-state index contributed by atoms with van der Waals surface area (Å²) in [6.07, 6.45) is -4.69. The minimum Gasteiger partial charge on any atom is -0.394 e. The Morgan fingerprint density at radius 2 is 2.21 bits per heavy atom. The van der Waals surface area contributed by atoms with Gasteiger partial charge in [0.15, 0.2) is 6.10 Å². The Bertz CT molecular complexity index is 512. The molecule has 4 N–H and O–H groups in total. The number of alkyl halides is 2. The average Bonchev–Trinajstić information content (AvgIpc) is 2.52. The molecular formula is C9H12ClF2N3O4. The molecule has 0 bridgehead atoms. The van der Waals surface area contributed by atoms with Gasteiger partial charge in [0.05, 0.1) is 6.61 Å². The quantitative estimate of drug-likeness (QED) is 0.655. The number of halogens is 3. The molecule has 0 aromatic carbocycles. The van der Waals surface area contributed by atoms with E-state index in [1.165, 1.54) is 0 Å². The summed E-state index contributed by atoms with van der Waals surface area (Å²) in [7, 11) is 0. The van der Waals surface area contributed by atoms with Gasteiger partial charge < -0.3 is 20.7 Å². The zero-order valence-electron chi connectivity index (χ0n) is 9.44. The van der Waals surface area contributed by atoms with E-state index in [1.54, 1.807) is 0 Å². The van der Waals surface area contributed by atoms with E-state index in [1.807, 2.05) is 0 Å². The summed E-state index contributed by atoms with van der Waals surface area (Å²) in [4.78, 5) is 14.7. The smallest absolute Gasteiger partial charge is 0.351 e. The Morgan fingerprint density at radius 3 is 2.68 bits per heavy atom. The van der Waals surface area contributed by atoms with Gasteiger partial charge in [0.25, 0.3) is 0 Å². The van der Waals surface area contributed by atoms with Crippen LogP contribution in [-0.4, -0.2) is 44.5 Å². The first-order valence-corrected chi connectivity index (χ1v) is 5.04. The van der Waals surface area contributed by atoms with Crippen molar-refractivity contribution in [1.29, 1.82) is 0 Å². The molecule has 0 unspecified atom stereocenters. The van der Waals surface area contributed by atoms with Gasteiger partial charge in [-0.3, -0.25) is 4.57 Å². The van der Waals surface area contributed by atoms with Crippen molar-refractivity contribution in [2.45, 2.75) is 24.4 Å². The molecule has 3 atom stereocenters. The Balaban J connectivity index is 0.00000180. The molecule has 2 heterocycles. The van der Waals surface area contributed by atoms with Crippen LogP contribution in [0.3, 0.4) is 0 Å². The lowest BCUT2D eigenvalue weighted by Crippen LogP contribution is -2.41. The van der Waals surface area contributed by atoms with Crippen molar-refractivity contribution in [1.82, 2.24) is 9.55 Å². The second kappa shape index (κ2) is 5.37. The predicted octanol–water partition coefficient (Wildman–Crippen LogP) is -0.867. The van der Waals surface area contributed by atoms with E-state index in [2.05, 4.69) is 4.98 Å². The van der Waals surface area contributed by atoms with Crippen LogP contribution in [0.25, 0.3) is 0 Å². The number of aliphatic hydroxyl groups excluding tert-OH is 2. The first kappa shape index (κ1) is 15.8. The summed E-state index contributed by atoms with van der Waals surface area (Å²) in [5.41, 5.74) is 4.21. The molecule has 1 aliphatic heterocycles. The van der Waals surface area contributed by atoms with Crippen molar-refractivity contribution >= 4 is 18.2 Å². The molecule has 108 valence electrons. The van der Waals surface area contributed by atoms with Gasteiger partial charge in [0.1, 0.15) is 11.9 Å². The summed E-state index contributed by atoms with van der Waals surface area (Å²) >= 11 is 0. The van der Waals surface area contributed by atoms with E-state index in [-0.39, 0.29) is 18.2 Å². The fraction of sp³-hybridized carbons (Fsp3) is 0.556. The van der Waals surface area contributed by atoms with Crippen molar-refractivity contribution in [3.8, 4) is 0 Å². The van der Waals surface area contributed by atoms with Gasteiger partial charge in [-0.2, -0.15) is 13.8 Å². The Kier molecular flexibility index (Phi) is 4.46. The third-order valence-electron chi connectivity index (χ3n) is 2.66. The molecule has 0 aliphatic carbocycles. The number of aliphatic hydroxyl groups is 2. The van der Waals surface area contributed by atoms with E-state index in [9.17, 15) is 18.7 Å². The highest BCUT2D eigenvalue weighted by molar-refractivity contribution is 5.85. The van der Waals surface area contributed by atoms with Crippen molar-refractivity contribution in [3.63, 3.8) is 0 Å². The Hall–Kier alpha value is -1.29. The van der Waals surface area contributed by atoms with Gasteiger partial charge in [-0.05, 0) is 6.07 Å². The third kappa shape index (κ3) is 2.54. The average molecular weight is 303 g/mol. The Morgan fingerprint density at radius 1 is 1.58 bits per heavy atom. The van der Waals surface area contributed by atoms with Gasteiger partial charge in [-0.1, -0.05) is 0 Å². The van der Waals surface area contributed by atoms with E-state index in [0.717, 1.165) is 12.3 Å². The van der Waals surface area contributed by atoms with Gasteiger partial charge in [0.2, 0.25) is 6.23 Å². The zero-order valence-corrected chi connectivity index (χ0v) is 10.3. The normalized spacial score (nSPS) is 28.9. The lowest BCUT2D eigenvalue weighted by molar-refractivity contribution is -0.140. The number of ether oxygens (including phenoxy) is 1. The highest BCUT2D eigenvalue weighted by atomic mass is 35.5. The lowest BCUT2D eigenvalue weighted by atomic mass is 10.1. The molecule has 10 heteroatoms. The van der Waals surface area contributed by atoms with Crippen LogP contribution >= 0.6 is 12.4 Å². The monoisotopic (exact) mass is 302 g/mol. The number of anilines is 1. The number of nitrogens with zero attached hydrogens (tertiary/aromatic N) is 2. The maximum Gasteiger partial charge on any atom is 0.351 e. The molecule has 0 saturated carbocycles. The Labute approximate surface area is 112 Å². The van der Waals surface area contributed by atoms with Crippen molar-refractivity contribution in [3.05, 3.63) is 22.7 Å². The van der Waals surface area contributed by atoms with E-state index in [0.29, 0.717) is 4.57 Å². The fourth-order valence-corrected chi connectivity index (χ4v) is 1.72. The maximum atomic E-state index is 13.7. The van der Waals surface area contributed by atoms with Gasteiger partial charge in [-0.25, -0.2) is 4.79 Å². The van der Waals surface area contributed by atoms with Crippen LogP contribution in [0.5, 0.6) is 0 Å². The molecular weight excluding hydrogens is 291 g/mol. The van der Waals surface area contributed by atoms with Crippen LogP contribution in [0, 0.1) is 0 Å². The van der Waals surface area contributed by atoms with E-state index < -0.39 is 36.7 Å². The highest BCUT2D eigenvalue weighted by Crippen LogP contribution is 2.41. The van der Waals surface area contributed by atoms with Gasteiger partial charge in [0, 0.05) is 6.20 Å². The largest absolute Gasteiger partial charge is 0.394 e. The van der Waals surface area contributed by atoms with Crippen LogP contribution in [0.15, 0.2) is 17.1 Å². The fourth-order valence-electron chi connectivity index (χ4n) is 1.72. The number of aromatic nitrogens is 2. The highest BCUT2D eigenvalue weighted by Gasteiger charge is 2.59. The molecule has 0 amide bonds. The molecule has 19 heavy (non-hydrogen) atoms. The summed E-state index contributed by atoms with van der Waals surface area (Å²) in [5, 5.41) is 18.1. The SMILES string of the molecule is Cl.Nc1cc[15n]([C@H]2O[C@H](CO)[C@H](O)C2(F)F)[13c](=O)[15n]1. The maximum absolute atomic E-state index is 13.7. The van der Waals surface area contributed by atoms with Crippen molar-refractivity contribution in [2.24, 2.45) is 0 Å². The molecule has 1 aromatic rings. The molecule has 2 rings (SSSR count). The second-order valence-corrected chi connectivity index (χ2v) is 3.87. The summed E-state index contributed by atoms with van der Waals surface area (Å²) in [5.74, 6) is -3.83. The number of nitrogen functional groups attached to an aromatic ring is 1. The second-order valence-electron chi connectivity index (χ2n) is 3.87. The van der Waals surface area contributed by atoms with E-state index in [4.69, 9.17) is 15.6 Å². The molecule has 0 radical (unpaired) electrons.